The lowest BCUT2D eigenvalue weighted by atomic mass is 10.1. The van der Waals surface area contributed by atoms with Crippen molar-refractivity contribution < 1.29 is 4.74 Å². The maximum absolute atomic E-state index is 5.56. The molecule has 1 N–H and O–H groups in total. The quantitative estimate of drug-likeness (QED) is 0.808. The Kier molecular flexibility index (Phi) is 6.44. The normalized spacial score (nSPS) is 10.2. The van der Waals surface area contributed by atoms with Gasteiger partial charge in [0, 0.05) is 32.0 Å². The molecule has 24 heavy (non-hydrogen) atoms. The summed E-state index contributed by atoms with van der Waals surface area (Å²) in [6, 6.07) is 16.5. The molecule has 5 heteroatoms. The third-order valence-corrected chi connectivity index (χ3v) is 4.12. The number of nitrogens with zero attached hydrogens (tertiary/aromatic N) is 2. The van der Waals surface area contributed by atoms with E-state index in [1.165, 1.54) is 11.3 Å². The fraction of sp³-hybridized carbons (Fsp3) is 0.316. The van der Waals surface area contributed by atoms with Crippen LogP contribution in [-0.4, -0.2) is 32.9 Å². The highest BCUT2D eigenvalue weighted by atomic mass is 32.1. The molecule has 0 amide bonds. The Balaban J connectivity index is 2.23. The van der Waals surface area contributed by atoms with Crippen molar-refractivity contribution in [2.75, 3.05) is 37.5 Å². The van der Waals surface area contributed by atoms with Crippen LogP contribution in [0.3, 0.4) is 0 Å². The second-order valence-electron chi connectivity index (χ2n) is 5.68. The smallest absolute Gasteiger partial charge is 0.173 e. The summed E-state index contributed by atoms with van der Waals surface area (Å²) >= 11 is 5.56. The van der Waals surface area contributed by atoms with Gasteiger partial charge in [0.15, 0.2) is 5.11 Å². The molecule has 0 bridgehead atoms. The van der Waals surface area contributed by atoms with E-state index in [2.05, 4.69) is 39.4 Å². The van der Waals surface area contributed by atoms with E-state index in [-0.39, 0.29) is 0 Å². The van der Waals surface area contributed by atoms with Crippen molar-refractivity contribution in [2.45, 2.75) is 13.5 Å². The van der Waals surface area contributed by atoms with Crippen LogP contribution in [0.25, 0.3) is 0 Å². The molecule has 0 radical (unpaired) electrons. The van der Waals surface area contributed by atoms with E-state index < -0.39 is 0 Å². The lowest BCUT2D eigenvalue weighted by Crippen LogP contribution is -2.39. The van der Waals surface area contributed by atoms with Gasteiger partial charge in [-0.3, -0.25) is 0 Å². The van der Waals surface area contributed by atoms with Gasteiger partial charge in [0.2, 0.25) is 0 Å². The van der Waals surface area contributed by atoms with Crippen LogP contribution in [-0.2, 0) is 6.54 Å². The first-order chi connectivity index (χ1) is 11.5. The fourth-order valence-corrected chi connectivity index (χ4v) is 2.69. The van der Waals surface area contributed by atoms with E-state index >= 15 is 0 Å². The van der Waals surface area contributed by atoms with Crippen molar-refractivity contribution in [1.29, 1.82) is 0 Å². The molecule has 0 heterocycles. The van der Waals surface area contributed by atoms with Gasteiger partial charge in [0.1, 0.15) is 5.75 Å². The average molecular weight is 343 g/mol. The van der Waals surface area contributed by atoms with E-state index in [4.69, 9.17) is 17.0 Å². The maximum atomic E-state index is 5.56. The third-order valence-electron chi connectivity index (χ3n) is 3.75. The van der Waals surface area contributed by atoms with Crippen LogP contribution in [0.15, 0.2) is 48.5 Å². The summed E-state index contributed by atoms with van der Waals surface area (Å²) < 4.78 is 5.24. The molecule has 4 nitrogen and oxygen atoms in total. The average Bonchev–Trinajstić information content (AvgIpc) is 2.60. The Labute approximate surface area is 150 Å². The minimum Gasteiger partial charge on any atom is -0.497 e. The van der Waals surface area contributed by atoms with Gasteiger partial charge < -0.3 is 19.9 Å². The number of hydrogen-bond donors (Lipinski definition) is 1. The van der Waals surface area contributed by atoms with Gasteiger partial charge >= 0.3 is 0 Å². The Bertz CT molecular complexity index is 653. The summed E-state index contributed by atoms with van der Waals surface area (Å²) in [5, 5.41) is 3.96. The Morgan fingerprint density at radius 3 is 2.08 bits per heavy atom. The summed E-state index contributed by atoms with van der Waals surface area (Å²) in [5.74, 6) is 0.836. The van der Waals surface area contributed by atoms with Crippen LogP contribution >= 0.6 is 12.2 Å². The van der Waals surface area contributed by atoms with E-state index in [0.29, 0.717) is 6.54 Å². The molecular weight excluding hydrogens is 318 g/mol. The topological polar surface area (TPSA) is 27.7 Å². The first kappa shape index (κ1) is 18.1. The molecule has 0 aliphatic rings. The van der Waals surface area contributed by atoms with Crippen molar-refractivity contribution in [3.05, 3.63) is 54.1 Å². The summed E-state index contributed by atoms with van der Waals surface area (Å²) in [7, 11) is 5.75. The summed E-state index contributed by atoms with van der Waals surface area (Å²) in [6.07, 6.45) is 0. The van der Waals surface area contributed by atoms with Crippen LogP contribution in [0.2, 0.25) is 0 Å². The largest absolute Gasteiger partial charge is 0.497 e. The van der Waals surface area contributed by atoms with Gasteiger partial charge in [-0.2, -0.15) is 0 Å². The van der Waals surface area contributed by atoms with Crippen LogP contribution in [0, 0.1) is 0 Å². The van der Waals surface area contributed by atoms with Crippen molar-refractivity contribution in [2.24, 2.45) is 0 Å². The number of rotatable bonds is 6. The van der Waals surface area contributed by atoms with Gasteiger partial charge in [0.05, 0.1) is 13.7 Å². The molecule has 0 saturated carbocycles. The minimum absolute atomic E-state index is 0.714. The highest BCUT2D eigenvalue weighted by Crippen LogP contribution is 2.22. The molecule has 2 aromatic rings. The standard InChI is InChI=1S/C19H25N3OS/c1-5-20-19(24)22(17-10-12-18(23-4)13-11-17)14-15-6-8-16(9-7-15)21(2)3/h6-13H,5,14H2,1-4H3,(H,20,24). The lowest BCUT2D eigenvalue weighted by molar-refractivity contribution is 0.415. The van der Waals surface area contributed by atoms with Gasteiger partial charge in [-0.1, -0.05) is 12.1 Å². The van der Waals surface area contributed by atoms with Gasteiger partial charge in [-0.05, 0) is 61.1 Å². The molecule has 0 unspecified atom stereocenters. The number of nitrogens with one attached hydrogen (secondary N) is 1. The summed E-state index contributed by atoms with van der Waals surface area (Å²) in [5.41, 5.74) is 3.43. The Morgan fingerprint density at radius 2 is 1.58 bits per heavy atom. The van der Waals surface area contributed by atoms with Gasteiger partial charge in [0.25, 0.3) is 0 Å². The molecule has 0 aliphatic heterocycles. The number of hydrogen-bond acceptors (Lipinski definition) is 3. The highest BCUT2D eigenvalue weighted by molar-refractivity contribution is 7.80. The molecule has 0 spiro atoms. The van der Waals surface area contributed by atoms with Crippen LogP contribution in [0.1, 0.15) is 12.5 Å². The zero-order valence-electron chi connectivity index (χ0n) is 14.7. The first-order valence-electron chi connectivity index (χ1n) is 8.00. The molecule has 0 aliphatic carbocycles. The Morgan fingerprint density at radius 1 is 1.00 bits per heavy atom. The van der Waals surface area contributed by atoms with Crippen molar-refractivity contribution in [1.82, 2.24) is 5.32 Å². The molecular formula is C19H25N3OS. The molecule has 2 aromatic carbocycles. The number of ether oxygens (including phenoxy) is 1. The molecule has 0 saturated heterocycles. The minimum atomic E-state index is 0.714. The lowest BCUT2D eigenvalue weighted by Gasteiger charge is -2.26. The second kappa shape index (κ2) is 8.55. The van der Waals surface area contributed by atoms with Crippen LogP contribution < -0.4 is 19.9 Å². The summed E-state index contributed by atoms with van der Waals surface area (Å²) in [6.45, 7) is 3.56. The highest BCUT2D eigenvalue weighted by Gasteiger charge is 2.12. The zero-order valence-corrected chi connectivity index (χ0v) is 15.6. The maximum Gasteiger partial charge on any atom is 0.173 e. The summed E-state index contributed by atoms with van der Waals surface area (Å²) in [4.78, 5) is 4.19. The Hall–Kier alpha value is -2.27. The van der Waals surface area contributed by atoms with Gasteiger partial charge in [-0.15, -0.1) is 0 Å². The third kappa shape index (κ3) is 4.61. The second-order valence-corrected chi connectivity index (χ2v) is 6.07. The van der Waals surface area contributed by atoms with Crippen molar-refractivity contribution >= 4 is 28.7 Å². The van der Waals surface area contributed by atoms with Crippen molar-refractivity contribution in [3.8, 4) is 5.75 Å². The number of methoxy groups -OCH3 is 1. The molecule has 128 valence electrons. The monoisotopic (exact) mass is 343 g/mol. The van der Waals surface area contributed by atoms with Crippen LogP contribution in [0.4, 0.5) is 11.4 Å². The number of benzene rings is 2. The zero-order chi connectivity index (χ0) is 17.5. The predicted octanol–water partition coefficient (Wildman–Crippen LogP) is 3.66. The molecule has 0 aromatic heterocycles. The van der Waals surface area contributed by atoms with E-state index in [1.54, 1.807) is 7.11 Å². The predicted molar refractivity (Wildman–Crippen MR) is 106 cm³/mol. The van der Waals surface area contributed by atoms with Crippen molar-refractivity contribution in [3.63, 3.8) is 0 Å². The SMILES string of the molecule is CCNC(=S)N(Cc1ccc(N(C)C)cc1)c1ccc(OC)cc1. The van der Waals surface area contributed by atoms with Crippen LogP contribution in [0.5, 0.6) is 5.75 Å². The van der Waals surface area contributed by atoms with E-state index in [9.17, 15) is 0 Å². The van der Waals surface area contributed by atoms with E-state index in [1.807, 2.05) is 45.3 Å². The van der Waals surface area contributed by atoms with Gasteiger partial charge in [-0.25, -0.2) is 0 Å². The molecule has 2 rings (SSSR count). The molecule has 0 fully saturated rings. The van der Waals surface area contributed by atoms with E-state index in [0.717, 1.165) is 23.1 Å². The fourth-order valence-electron chi connectivity index (χ4n) is 2.37. The first-order valence-corrected chi connectivity index (χ1v) is 8.41. The number of anilines is 2. The molecule has 0 atom stereocenters. The number of thiocarbonyl (C=S) groups is 1.